The highest BCUT2D eigenvalue weighted by molar-refractivity contribution is 6.03. The molecule has 1 amide bonds. The number of carboxylic acids is 1. The molecule has 2 N–H and O–H groups in total. The lowest BCUT2D eigenvalue weighted by Gasteiger charge is -2.11. The van der Waals surface area contributed by atoms with Crippen LogP contribution in [-0.4, -0.2) is 42.2 Å². The number of nitrogens with one attached hydrogen (secondary N) is 1. The normalized spacial score (nSPS) is 10.9. The molecule has 0 aliphatic rings. The van der Waals surface area contributed by atoms with E-state index in [1.165, 1.54) is 31.4 Å². The Bertz CT molecular complexity index is 1160. The number of aromatic carboxylic acids is 1. The molecule has 7 nitrogen and oxygen atoms in total. The van der Waals surface area contributed by atoms with Crippen molar-refractivity contribution >= 4 is 34.9 Å². The van der Waals surface area contributed by atoms with Crippen molar-refractivity contribution in [3.8, 4) is 11.5 Å². The van der Waals surface area contributed by atoms with Crippen LogP contribution < -0.4 is 14.8 Å². The van der Waals surface area contributed by atoms with Crippen molar-refractivity contribution in [1.82, 2.24) is 10.3 Å². The number of hydrogen-bond acceptors (Lipinski definition) is 5. The third-order valence-electron chi connectivity index (χ3n) is 4.39. The second kappa shape index (κ2) is 9.71. The molecule has 0 fully saturated rings. The molecule has 0 saturated carbocycles. The zero-order chi connectivity index (χ0) is 22.4. The van der Waals surface area contributed by atoms with Crippen LogP contribution in [0.5, 0.6) is 11.5 Å². The van der Waals surface area contributed by atoms with Gasteiger partial charge >= 0.3 is 5.97 Å². The molecule has 0 spiro atoms. The van der Waals surface area contributed by atoms with Gasteiger partial charge in [0.25, 0.3) is 5.91 Å². The van der Waals surface area contributed by atoms with Gasteiger partial charge in [-0.2, -0.15) is 0 Å². The number of fused-ring (bicyclic) bond motifs is 1. The van der Waals surface area contributed by atoms with Crippen LogP contribution in [-0.2, 0) is 4.79 Å². The summed E-state index contributed by atoms with van der Waals surface area (Å²) in [5.74, 6) is -1.000. The first kappa shape index (κ1) is 21.8. The minimum atomic E-state index is -1.12. The summed E-state index contributed by atoms with van der Waals surface area (Å²) in [5, 5.41) is 12.5. The average Bonchev–Trinajstić information content (AvgIpc) is 2.75. The van der Waals surface area contributed by atoms with E-state index in [1.54, 1.807) is 30.4 Å². The van der Waals surface area contributed by atoms with Crippen LogP contribution in [0.3, 0.4) is 0 Å². The van der Waals surface area contributed by atoms with Crippen molar-refractivity contribution in [2.75, 3.05) is 20.3 Å². The molecule has 0 aliphatic heterocycles. The predicted molar refractivity (Wildman–Crippen MR) is 115 cm³/mol. The van der Waals surface area contributed by atoms with E-state index in [9.17, 15) is 19.1 Å². The largest absolute Gasteiger partial charge is 0.493 e. The Hall–Kier alpha value is -3.94. The Morgan fingerprint density at radius 1 is 1.13 bits per heavy atom. The summed E-state index contributed by atoms with van der Waals surface area (Å²) in [6, 6.07) is 10.4. The number of amides is 1. The molecule has 0 unspecified atom stereocenters. The smallest absolute Gasteiger partial charge is 0.336 e. The van der Waals surface area contributed by atoms with Crippen molar-refractivity contribution in [2.45, 2.75) is 6.92 Å². The van der Waals surface area contributed by atoms with Crippen LogP contribution >= 0.6 is 0 Å². The van der Waals surface area contributed by atoms with Crippen LogP contribution in [0.25, 0.3) is 23.1 Å². The minimum absolute atomic E-state index is 0.0383. The molecule has 1 heterocycles. The molecule has 0 saturated heterocycles. The van der Waals surface area contributed by atoms with Crippen LogP contribution in [0.2, 0.25) is 0 Å². The molecule has 3 rings (SSSR count). The number of carbonyl (C=O) groups excluding carboxylic acids is 1. The lowest BCUT2D eigenvalue weighted by molar-refractivity contribution is -0.123. The average molecular weight is 424 g/mol. The fourth-order valence-electron chi connectivity index (χ4n) is 2.96. The number of carbonyl (C=O) groups is 2. The van der Waals surface area contributed by atoms with E-state index in [0.717, 1.165) is 5.56 Å². The van der Waals surface area contributed by atoms with Gasteiger partial charge in [-0.25, -0.2) is 14.2 Å². The van der Waals surface area contributed by atoms with E-state index in [0.29, 0.717) is 29.1 Å². The number of nitrogens with zero attached hydrogens (tertiary/aromatic N) is 1. The molecule has 8 heteroatoms. The topological polar surface area (TPSA) is 97.8 Å². The zero-order valence-electron chi connectivity index (χ0n) is 17.0. The third-order valence-corrected chi connectivity index (χ3v) is 4.39. The monoisotopic (exact) mass is 424 g/mol. The summed E-state index contributed by atoms with van der Waals surface area (Å²) in [6.45, 7) is 2.21. The van der Waals surface area contributed by atoms with Crippen molar-refractivity contribution < 1.29 is 28.6 Å². The van der Waals surface area contributed by atoms with Gasteiger partial charge in [-0.05, 0) is 48.9 Å². The van der Waals surface area contributed by atoms with E-state index >= 15 is 0 Å². The van der Waals surface area contributed by atoms with Gasteiger partial charge in [0.15, 0.2) is 18.1 Å². The van der Waals surface area contributed by atoms with Crippen LogP contribution in [0.15, 0.2) is 42.5 Å². The van der Waals surface area contributed by atoms with Crippen molar-refractivity contribution in [2.24, 2.45) is 0 Å². The highest BCUT2D eigenvalue weighted by Crippen LogP contribution is 2.29. The second-order valence-electron chi connectivity index (χ2n) is 6.55. The van der Waals surface area contributed by atoms with E-state index in [2.05, 4.69) is 10.3 Å². The second-order valence-corrected chi connectivity index (χ2v) is 6.55. The van der Waals surface area contributed by atoms with E-state index in [4.69, 9.17) is 9.47 Å². The molecule has 0 aliphatic carbocycles. The van der Waals surface area contributed by atoms with Crippen molar-refractivity contribution in [3.05, 3.63) is 65.1 Å². The van der Waals surface area contributed by atoms with E-state index < -0.39 is 11.8 Å². The SMILES string of the molecule is CCNC(=O)COc1ccc(/C=C/c2cc(C(=O)O)c3ccc(F)cc3n2)cc1OC. The van der Waals surface area contributed by atoms with Crippen molar-refractivity contribution in [1.29, 1.82) is 0 Å². The van der Waals surface area contributed by atoms with Crippen LogP contribution in [0.4, 0.5) is 4.39 Å². The molecule has 160 valence electrons. The fourth-order valence-corrected chi connectivity index (χ4v) is 2.96. The summed E-state index contributed by atoms with van der Waals surface area (Å²) in [4.78, 5) is 27.5. The Kier molecular flexibility index (Phi) is 6.81. The van der Waals surface area contributed by atoms with Crippen LogP contribution in [0, 0.1) is 5.82 Å². The number of ether oxygens (including phenoxy) is 2. The Labute approximate surface area is 178 Å². The summed E-state index contributed by atoms with van der Waals surface area (Å²) in [5.41, 5.74) is 1.40. The van der Waals surface area contributed by atoms with Gasteiger partial charge in [0, 0.05) is 18.0 Å². The van der Waals surface area contributed by atoms with E-state index in [1.807, 2.05) is 6.92 Å². The molecule has 2 aromatic carbocycles. The molecular weight excluding hydrogens is 403 g/mol. The minimum Gasteiger partial charge on any atom is -0.493 e. The molecule has 3 aromatic rings. The lowest BCUT2D eigenvalue weighted by Crippen LogP contribution is -2.28. The number of hydrogen-bond donors (Lipinski definition) is 2. The highest BCUT2D eigenvalue weighted by Gasteiger charge is 2.12. The third kappa shape index (κ3) is 5.36. The molecule has 1 aromatic heterocycles. The van der Waals surface area contributed by atoms with Gasteiger partial charge in [0.05, 0.1) is 23.9 Å². The van der Waals surface area contributed by atoms with Crippen LogP contribution in [0.1, 0.15) is 28.5 Å². The number of likely N-dealkylation sites (N-methyl/N-ethyl adjacent to an activating group) is 1. The summed E-state index contributed by atoms with van der Waals surface area (Å²) < 4.78 is 24.4. The molecule has 0 atom stereocenters. The first-order valence-corrected chi connectivity index (χ1v) is 9.50. The lowest BCUT2D eigenvalue weighted by atomic mass is 10.1. The number of methoxy groups -OCH3 is 1. The quantitative estimate of drug-likeness (QED) is 0.571. The first-order valence-electron chi connectivity index (χ1n) is 9.50. The van der Waals surface area contributed by atoms with Gasteiger partial charge in [0.2, 0.25) is 0 Å². The summed E-state index contributed by atoms with van der Waals surface area (Å²) >= 11 is 0. The molecule has 31 heavy (non-hydrogen) atoms. The zero-order valence-corrected chi connectivity index (χ0v) is 17.0. The van der Waals surface area contributed by atoms with Gasteiger partial charge < -0.3 is 19.9 Å². The maximum atomic E-state index is 13.6. The molecular formula is C23H21FN2O5. The molecule has 0 bridgehead atoms. The Balaban J connectivity index is 1.86. The highest BCUT2D eigenvalue weighted by atomic mass is 19.1. The number of carboxylic acid groups (broad SMARTS) is 1. The number of rotatable bonds is 8. The number of halogens is 1. The number of aromatic nitrogens is 1. The van der Waals surface area contributed by atoms with Gasteiger partial charge in [-0.3, -0.25) is 4.79 Å². The molecule has 0 radical (unpaired) electrons. The summed E-state index contributed by atoms with van der Waals surface area (Å²) in [7, 11) is 1.49. The van der Waals surface area contributed by atoms with E-state index in [-0.39, 0.29) is 23.6 Å². The number of benzene rings is 2. The van der Waals surface area contributed by atoms with Crippen molar-refractivity contribution in [3.63, 3.8) is 0 Å². The Morgan fingerprint density at radius 2 is 1.94 bits per heavy atom. The predicted octanol–water partition coefficient (Wildman–Crippen LogP) is 3.77. The van der Waals surface area contributed by atoms with Gasteiger partial charge in [-0.1, -0.05) is 12.1 Å². The van der Waals surface area contributed by atoms with Gasteiger partial charge in [0.1, 0.15) is 5.82 Å². The standard InChI is InChI=1S/C23H21FN2O5/c1-3-25-22(27)13-31-20-9-5-14(10-21(20)30-2)4-7-16-12-18(23(28)29)17-8-6-15(24)11-19(17)26-16/h4-12H,3,13H2,1-2H3,(H,25,27)(H,28,29)/b7-4+. The fraction of sp³-hybridized carbons (Fsp3) is 0.174. The maximum Gasteiger partial charge on any atom is 0.336 e. The van der Waals surface area contributed by atoms with Gasteiger partial charge in [-0.15, -0.1) is 0 Å². The maximum absolute atomic E-state index is 13.6. The number of pyridine rings is 1. The Morgan fingerprint density at radius 3 is 2.65 bits per heavy atom. The first-order chi connectivity index (χ1) is 14.9. The summed E-state index contributed by atoms with van der Waals surface area (Å²) in [6.07, 6.45) is 3.34.